The van der Waals surface area contributed by atoms with Gasteiger partial charge in [0.1, 0.15) is 5.82 Å². The third kappa shape index (κ3) is 5.83. The third-order valence-electron chi connectivity index (χ3n) is 7.63. The Labute approximate surface area is 244 Å². The number of nitrogens with zero attached hydrogens (tertiary/aromatic N) is 2. The molecule has 3 amide bonds. The number of benzene rings is 2. The highest BCUT2D eigenvalue weighted by Crippen LogP contribution is 2.38. The molecular formula is C30H27ClF2N4O5. The number of carbonyl (C=O) groups is 3. The summed E-state index contributed by atoms with van der Waals surface area (Å²) < 4.78 is 29.2. The summed E-state index contributed by atoms with van der Waals surface area (Å²) in [6, 6.07) is 9.72. The number of carbonyl (C=O) groups excluding carboxylic acids is 2. The van der Waals surface area contributed by atoms with Crippen molar-refractivity contribution >= 4 is 46.5 Å². The Morgan fingerprint density at radius 1 is 1.14 bits per heavy atom. The van der Waals surface area contributed by atoms with Gasteiger partial charge in [-0.1, -0.05) is 24.6 Å². The molecule has 5 rings (SSSR count). The Balaban J connectivity index is 1.55. The first-order chi connectivity index (χ1) is 20.0. The molecule has 3 heterocycles. The Morgan fingerprint density at radius 3 is 2.67 bits per heavy atom. The van der Waals surface area contributed by atoms with E-state index in [2.05, 4.69) is 15.6 Å². The molecule has 0 saturated carbocycles. The normalized spacial score (nSPS) is 20.9. The van der Waals surface area contributed by atoms with Crippen molar-refractivity contribution in [1.29, 1.82) is 0 Å². The van der Waals surface area contributed by atoms with Gasteiger partial charge in [-0.25, -0.2) is 13.6 Å². The van der Waals surface area contributed by atoms with Crippen LogP contribution in [-0.4, -0.2) is 50.7 Å². The summed E-state index contributed by atoms with van der Waals surface area (Å²) in [5.74, 6) is -3.53. The number of carboxylic acid groups (broad SMARTS) is 1. The summed E-state index contributed by atoms with van der Waals surface area (Å²) in [6.45, 7) is 1.70. The van der Waals surface area contributed by atoms with Gasteiger partial charge in [0.25, 0.3) is 0 Å². The average molecular weight is 597 g/mol. The van der Waals surface area contributed by atoms with E-state index in [0.717, 1.165) is 12.1 Å². The smallest absolute Gasteiger partial charge is 0.409 e. The van der Waals surface area contributed by atoms with E-state index in [4.69, 9.17) is 16.7 Å². The molecule has 12 heteroatoms. The first-order valence-corrected chi connectivity index (χ1v) is 13.7. The molecule has 3 atom stereocenters. The monoisotopic (exact) mass is 596 g/mol. The number of aliphatic hydroxyl groups is 1. The molecule has 0 radical (unpaired) electrons. The quantitative estimate of drug-likeness (QED) is 0.280. The summed E-state index contributed by atoms with van der Waals surface area (Å²) in [5.41, 5.74) is 2.16. The maximum atomic E-state index is 14.7. The summed E-state index contributed by atoms with van der Waals surface area (Å²) in [6.07, 6.45) is 0.981. The number of aliphatic hydroxyl groups excluding tert-OH is 1. The number of halogens is 3. The molecule has 2 aliphatic heterocycles. The van der Waals surface area contributed by atoms with E-state index < -0.39 is 47.6 Å². The van der Waals surface area contributed by atoms with Gasteiger partial charge in [-0.3, -0.25) is 19.9 Å². The highest BCUT2D eigenvalue weighted by molar-refractivity contribution is 6.31. The average Bonchev–Trinajstić information content (AvgIpc) is 2.95. The second-order valence-electron chi connectivity index (χ2n) is 10.3. The van der Waals surface area contributed by atoms with E-state index in [1.807, 2.05) is 0 Å². The largest absolute Gasteiger partial charge is 0.465 e. The van der Waals surface area contributed by atoms with Gasteiger partial charge in [0.2, 0.25) is 11.8 Å². The van der Waals surface area contributed by atoms with Crippen LogP contribution in [0.1, 0.15) is 43.5 Å². The zero-order valence-corrected chi connectivity index (χ0v) is 23.2. The van der Waals surface area contributed by atoms with Gasteiger partial charge in [0.05, 0.1) is 40.0 Å². The first kappa shape index (κ1) is 29.2. The van der Waals surface area contributed by atoms with Crippen LogP contribution in [0.4, 0.5) is 25.0 Å². The van der Waals surface area contributed by atoms with Crippen molar-refractivity contribution in [3.8, 4) is 11.1 Å². The molecule has 42 heavy (non-hydrogen) atoms. The number of hydrogen-bond donors (Lipinski definition) is 4. The van der Waals surface area contributed by atoms with Crippen LogP contribution in [0.25, 0.3) is 16.7 Å². The summed E-state index contributed by atoms with van der Waals surface area (Å²) in [4.78, 5) is 43.8. The summed E-state index contributed by atoms with van der Waals surface area (Å²) in [7, 11) is 0. The topological polar surface area (TPSA) is 132 Å². The number of rotatable bonds is 3. The number of amides is 3. The SMILES string of the molecule is C[C@H]1C(=O)Nc2cc(NC(=O)O)ccc2-c2ccnc(c2)[C@@H](N2CCC(c3c(F)ccc(Cl)c3F)=CC2=O)CCC1O. The highest BCUT2D eigenvalue weighted by atomic mass is 35.5. The summed E-state index contributed by atoms with van der Waals surface area (Å²) >= 11 is 5.86. The lowest BCUT2D eigenvalue weighted by molar-refractivity contribution is -0.129. The van der Waals surface area contributed by atoms with Crippen LogP contribution < -0.4 is 10.6 Å². The Bertz CT molecular complexity index is 1610. The molecule has 0 spiro atoms. The molecule has 0 fully saturated rings. The highest BCUT2D eigenvalue weighted by Gasteiger charge is 2.33. The maximum Gasteiger partial charge on any atom is 0.409 e. The van der Waals surface area contributed by atoms with Crippen LogP contribution in [0.3, 0.4) is 0 Å². The van der Waals surface area contributed by atoms with Crippen LogP contribution in [-0.2, 0) is 9.59 Å². The van der Waals surface area contributed by atoms with Crippen molar-refractivity contribution in [2.75, 3.05) is 17.2 Å². The molecular weight excluding hydrogens is 570 g/mol. The van der Waals surface area contributed by atoms with E-state index in [9.17, 15) is 28.3 Å². The van der Waals surface area contributed by atoms with Gasteiger partial charge in [-0.15, -0.1) is 0 Å². The summed E-state index contributed by atoms with van der Waals surface area (Å²) in [5, 5.41) is 24.9. The molecule has 4 N–H and O–H groups in total. The van der Waals surface area contributed by atoms with Gasteiger partial charge < -0.3 is 20.4 Å². The Morgan fingerprint density at radius 2 is 1.93 bits per heavy atom. The van der Waals surface area contributed by atoms with Gasteiger partial charge in [-0.2, -0.15) is 0 Å². The van der Waals surface area contributed by atoms with E-state index >= 15 is 0 Å². The lowest BCUT2D eigenvalue weighted by atomic mass is 9.91. The third-order valence-corrected chi connectivity index (χ3v) is 7.92. The Hall–Kier alpha value is -4.35. The van der Waals surface area contributed by atoms with Crippen molar-refractivity contribution < 1.29 is 33.4 Å². The number of fused-ring (bicyclic) bond motifs is 4. The van der Waals surface area contributed by atoms with E-state index in [1.54, 1.807) is 42.3 Å². The first-order valence-electron chi connectivity index (χ1n) is 13.3. The molecule has 9 nitrogen and oxygen atoms in total. The van der Waals surface area contributed by atoms with Gasteiger partial charge in [-0.05, 0) is 66.8 Å². The predicted octanol–water partition coefficient (Wildman–Crippen LogP) is 5.86. The molecule has 2 aromatic carbocycles. The minimum Gasteiger partial charge on any atom is -0.465 e. The number of hydrogen-bond acceptors (Lipinski definition) is 5. The van der Waals surface area contributed by atoms with Crippen LogP contribution in [0.2, 0.25) is 5.02 Å². The lowest BCUT2D eigenvalue weighted by Crippen LogP contribution is -2.39. The van der Waals surface area contributed by atoms with Crippen LogP contribution in [0.5, 0.6) is 0 Å². The fraction of sp³-hybridized carbons (Fsp3) is 0.267. The van der Waals surface area contributed by atoms with Crippen molar-refractivity contribution in [2.24, 2.45) is 5.92 Å². The second kappa shape index (κ2) is 11.9. The lowest BCUT2D eigenvalue weighted by Gasteiger charge is -2.35. The van der Waals surface area contributed by atoms with Gasteiger partial charge in [0, 0.05) is 30.1 Å². The maximum absolute atomic E-state index is 14.7. The van der Waals surface area contributed by atoms with Crippen LogP contribution in [0.15, 0.2) is 54.7 Å². The molecule has 1 aromatic heterocycles. The minimum absolute atomic E-state index is 0.125. The van der Waals surface area contributed by atoms with Crippen molar-refractivity contribution in [1.82, 2.24) is 9.88 Å². The predicted molar refractivity (Wildman–Crippen MR) is 153 cm³/mol. The van der Waals surface area contributed by atoms with Crippen LogP contribution >= 0.6 is 11.6 Å². The van der Waals surface area contributed by atoms with E-state index in [-0.39, 0.29) is 47.7 Å². The number of anilines is 2. The standard InChI is InChI=1S/C30H27ClF2N4O5/c1-15-25(38)7-6-24(37-11-9-17(13-26(37)39)27-21(32)5-4-20(31)28(27)33)23-12-16(8-10-34-23)19-3-2-18(35-30(41)42)14-22(19)36-29(15)40/h2-5,8,10,12-15,24-25,35,38H,6-7,9,11H2,1H3,(H,36,40)(H,41,42)/t15-,24+,25?/m1/s1. The van der Waals surface area contributed by atoms with Crippen molar-refractivity contribution in [3.63, 3.8) is 0 Å². The fourth-order valence-corrected chi connectivity index (χ4v) is 5.50. The zero-order valence-electron chi connectivity index (χ0n) is 22.4. The van der Waals surface area contributed by atoms with Crippen molar-refractivity contribution in [3.05, 3.63) is 82.7 Å². The second-order valence-corrected chi connectivity index (χ2v) is 10.7. The number of aromatic nitrogens is 1. The molecule has 2 bridgehead atoms. The van der Waals surface area contributed by atoms with Crippen molar-refractivity contribution in [2.45, 2.75) is 38.3 Å². The Kier molecular flexibility index (Phi) is 8.24. The molecule has 218 valence electrons. The van der Waals surface area contributed by atoms with E-state index in [0.29, 0.717) is 22.5 Å². The minimum atomic E-state index is -1.27. The number of nitrogens with one attached hydrogen (secondary N) is 2. The number of pyridine rings is 1. The molecule has 1 unspecified atom stereocenters. The molecule has 0 aliphatic carbocycles. The molecule has 3 aromatic rings. The van der Waals surface area contributed by atoms with E-state index in [1.165, 1.54) is 12.1 Å². The van der Waals surface area contributed by atoms with Gasteiger partial charge in [0.15, 0.2) is 5.82 Å². The van der Waals surface area contributed by atoms with Gasteiger partial charge >= 0.3 is 6.09 Å². The van der Waals surface area contributed by atoms with Crippen LogP contribution in [0, 0.1) is 17.6 Å². The molecule has 0 saturated heterocycles. The zero-order chi connectivity index (χ0) is 30.1. The molecule has 2 aliphatic rings. The fourth-order valence-electron chi connectivity index (χ4n) is 5.35.